The van der Waals surface area contributed by atoms with Crippen LogP contribution in [0.3, 0.4) is 0 Å². The first kappa shape index (κ1) is 30.9. The molecule has 2 aromatic carbocycles. The molecule has 0 radical (unpaired) electrons. The second kappa shape index (κ2) is 13.7. The zero-order valence-corrected chi connectivity index (χ0v) is 24.2. The molecule has 222 valence electrons. The molecule has 4 rings (SSSR count). The Kier molecular flexibility index (Phi) is 10.1. The van der Waals surface area contributed by atoms with Gasteiger partial charge in [-0.1, -0.05) is 41.9 Å². The second-order valence-electron chi connectivity index (χ2n) is 9.57. The molecule has 1 aliphatic heterocycles. The van der Waals surface area contributed by atoms with Gasteiger partial charge in [-0.25, -0.2) is 4.98 Å². The van der Waals surface area contributed by atoms with Crippen molar-refractivity contribution in [1.82, 2.24) is 4.98 Å². The van der Waals surface area contributed by atoms with Gasteiger partial charge in [-0.3, -0.25) is 19.2 Å². The Hall–Kier alpha value is -4.06. The third-order valence-corrected chi connectivity index (χ3v) is 6.55. The van der Waals surface area contributed by atoms with Gasteiger partial charge in [-0.2, -0.15) is 0 Å². The number of ether oxygens (including phenoxy) is 6. The number of carbonyl (C=O) groups excluding carboxylic acids is 4. The second-order valence-corrected chi connectivity index (χ2v) is 10.0. The van der Waals surface area contributed by atoms with E-state index < -0.39 is 54.6 Å². The number of para-hydroxylation sites is 1. The summed E-state index contributed by atoms with van der Waals surface area (Å²) in [6.07, 6.45) is -6.34. The van der Waals surface area contributed by atoms with Crippen LogP contribution in [0.1, 0.15) is 33.3 Å². The maximum Gasteiger partial charge on any atom is 0.303 e. The maximum absolute atomic E-state index is 12.1. The summed E-state index contributed by atoms with van der Waals surface area (Å²) in [6, 6.07) is 16.6. The van der Waals surface area contributed by atoms with Gasteiger partial charge in [0.25, 0.3) is 0 Å². The molecule has 12 heteroatoms. The van der Waals surface area contributed by atoms with Crippen LogP contribution in [-0.4, -0.2) is 66.2 Å². The van der Waals surface area contributed by atoms with Crippen LogP contribution in [0.25, 0.3) is 22.2 Å². The Bertz CT molecular complexity index is 1460. The van der Waals surface area contributed by atoms with Crippen LogP contribution in [0, 0.1) is 0 Å². The number of nitrogens with zero attached hydrogens (tertiary/aromatic N) is 1. The van der Waals surface area contributed by atoms with E-state index in [1.807, 2.05) is 42.5 Å². The van der Waals surface area contributed by atoms with Crippen molar-refractivity contribution in [3.05, 3.63) is 65.2 Å². The number of esters is 4. The van der Waals surface area contributed by atoms with E-state index in [9.17, 15) is 19.2 Å². The van der Waals surface area contributed by atoms with Crippen LogP contribution in [0.5, 0.6) is 0 Å². The molecular formula is C30H30ClNO10. The van der Waals surface area contributed by atoms with Crippen molar-refractivity contribution in [2.24, 2.45) is 0 Å². The van der Waals surface area contributed by atoms with Crippen molar-refractivity contribution >= 4 is 46.4 Å². The van der Waals surface area contributed by atoms with Gasteiger partial charge in [0.1, 0.15) is 12.7 Å². The Morgan fingerprint density at radius 3 is 2.07 bits per heavy atom. The number of carbonyl (C=O) groups is 4. The zero-order chi connectivity index (χ0) is 30.4. The average Bonchev–Trinajstić information content (AvgIpc) is 2.93. The van der Waals surface area contributed by atoms with Crippen LogP contribution in [0.2, 0.25) is 5.02 Å². The highest BCUT2D eigenvalue weighted by Gasteiger charge is 2.52. The van der Waals surface area contributed by atoms with E-state index in [0.717, 1.165) is 30.4 Å². The van der Waals surface area contributed by atoms with E-state index in [2.05, 4.69) is 0 Å². The molecule has 3 aromatic rings. The van der Waals surface area contributed by atoms with E-state index in [1.165, 1.54) is 13.8 Å². The fraction of sp³-hybridized carbons (Fsp3) is 0.367. The van der Waals surface area contributed by atoms with Crippen molar-refractivity contribution < 1.29 is 47.6 Å². The van der Waals surface area contributed by atoms with Crippen molar-refractivity contribution in [2.45, 2.75) is 65.0 Å². The Labute approximate surface area is 246 Å². The van der Waals surface area contributed by atoms with Gasteiger partial charge < -0.3 is 28.4 Å². The summed E-state index contributed by atoms with van der Waals surface area (Å²) in [6.45, 7) is 4.29. The first-order valence-corrected chi connectivity index (χ1v) is 13.5. The lowest BCUT2D eigenvalue weighted by molar-refractivity contribution is -0.310. The van der Waals surface area contributed by atoms with Gasteiger partial charge in [-0.15, -0.1) is 0 Å². The average molecular weight is 600 g/mol. The molecule has 0 aliphatic carbocycles. The molecule has 1 aliphatic rings. The lowest BCUT2D eigenvalue weighted by Gasteiger charge is -2.44. The summed E-state index contributed by atoms with van der Waals surface area (Å²) < 4.78 is 33.8. The predicted octanol–water partition coefficient (Wildman–Crippen LogP) is 4.15. The molecule has 1 saturated heterocycles. The smallest absolute Gasteiger partial charge is 0.303 e. The lowest BCUT2D eigenvalue weighted by atomic mass is 9.98. The highest BCUT2D eigenvalue weighted by atomic mass is 35.5. The van der Waals surface area contributed by atoms with E-state index in [0.29, 0.717) is 16.2 Å². The Morgan fingerprint density at radius 2 is 1.43 bits per heavy atom. The van der Waals surface area contributed by atoms with E-state index >= 15 is 0 Å². The first-order chi connectivity index (χ1) is 20.0. The maximum atomic E-state index is 12.1. The standard InChI is InChI=1S/C30H30ClNO10/c1-16(33)37-15-26-27(39-17(2)34)28(40-18(3)35)29(41-19(4)36)30(42-26)38-14-21-13-25(20-9-11-22(31)12-10-20)32-24-8-6-5-7-23(21)24/h5-13,26-30H,14-15H2,1-4H3/t26-,27+,28+,29-,30-/m1/s1. The molecule has 5 atom stereocenters. The minimum Gasteiger partial charge on any atom is -0.463 e. The van der Waals surface area contributed by atoms with Gasteiger partial charge in [0.2, 0.25) is 0 Å². The molecule has 0 spiro atoms. The molecule has 0 bridgehead atoms. The van der Waals surface area contributed by atoms with Gasteiger partial charge >= 0.3 is 23.9 Å². The zero-order valence-electron chi connectivity index (χ0n) is 23.4. The van der Waals surface area contributed by atoms with Gasteiger partial charge in [0.05, 0.1) is 17.8 Å². The van der Waals surface area contributed by atoms with Crippen molar-refractivity contribution in [3.8, 4) is 11.3 Å². The minimum atomic E-state index is -1.33. The van der Waals surface area contributed by atoms with E-state index in [-0.39, 0.29) is 13.2 Å². The third kappa shape index (κ3) is 7.81. The first-order valence-electron chi connectivity index (χ1n) is 13.1. The number of hydrogen-bond donors (Lipinski definition) is 0. The van der Waals surface area contributed by atoms with Gasteiger partial charge in [0.15, 0.2) is 24.6 Å². The molecule has 11 nitrogen and oxygen atoms in total. The minimum absolute atomic E-state index is 0.0443. The molecule has 0 amide bonds. The van der Waals surface area contributed by atoms with Crippen LogP contribution >= 0.6 is 11.6 Å². The number of benzene rings is 2. The molecule has 0 unspecified atom stereocenters. The van der Waals surface area contributed by atoms with Crippen molar-refractivity contribution in [2.75, 3.05) is 6.61 Å². The van der Waals surface area contributed by atoms with Crippen LogP contribution < -0.4 is 0 Å². The summed E-state index contributed by atoms with van der Waals surface area (Å²) in [7, 11) is 0. The predicted molar refractivity (Wildman–Crippen MR) is 149 cm³/mol. The highest BCUT2D eigenvalue weighted by Crippen LogP contribution is 2.32. The molecular weight excluding hydrogens is 570 g/mol. The highest BCUT2D eigenvalue weighted by molar-refractivity contribution is 6.30. The number of fused-ring (bicyclic) bond motifs is 1. The summed E-state index contributed by atoms with van der Waals surface area (Å²) in [5.74, 6) is -2.77. The number of hydrogen-bond acceptors (Lipinski definition) is 11. The fourth-order valence-corrected chi connectivity index (χ4v) is 4.76. The van der Waals surface area contributed by atoms with E-state index in [1.54, 1.807) is 12.1 Å². The van der Waals surface area contributed by atoms with E-state index in [4.69, 9.17) is 45.0 Å². The monoisotopic (exact) mass is 599 g/mol. The van der Waals surface area contributed by atoms with Crippen molar-refractivity contribution in [1.29, 1.82) is 0 Å². The molecule has 1 aromatic heterocycles. The number of aromatic nitrogens is 1. The van der Waals surface area contributed by atoms with Crippen molar-refractivity contribution in [3.63, 3.8) is 0 Å². The normalized spacial score (nSPS) is 21.8. The summed E-state index contributed by atoms with van der Waals surface area (Å²) >= 11 is 6.07. The molecule has 42 heavy (non-hydrogen) atoms. The van der Waals surface area contributed by atoms with Gasteiger partial charge in [-0.05, 0) is 29.8 Å². The topological polar surface area (TPSA) is 137 Å². The summed E-state index contributed by atoms with van der Waals surface area (Å²) in [4.78, 5) is 52.5. The Balaban J connectivity index is 1.70. The van der Waals surface area contributed by atoms with Gasteiger partial charge in [0, 0.05) is 43.7 Å². The fourth-order valence-electron chi connectivity index (χ4n) is 4.63. The number of pyridine rings is 1. The molecule has 0 saturated carbocycles. The van der Waals surface area contributed by atoms with Crippen LogP contribution in [-0.2, 0) is 54.2 Å². The largest absolute Gasteiger partial charge is 0.463 e. The van der Waals surface area contributed by atoms with Crippen LogP contribution in [0.15, 0.2) is 54.6 Å². The summed E-state index contributed by atoms with van der Waals surface area (Å²) in [5, 5.41) is 1.40. The number of rotatable bonds is 9. The third-order valence-electron chi connectivity index (χ3n) is 6.29. The summed E-state index contributed by atoms with van der Waals surface area (Å²) in [5.41, 5.74) is 2.95. The van der Waals surface area contributed by atoms with Crippen LogP contribution in [0.4, 0.5) is 0 Å². The molecule has 1 fully saturated rings. The SMILES string of the molecule is CC(=O)OC[C@H]1O[C@@H](OCc2cc(-c3ccc(Cl)cc3)nc3ccccc23)[C@H](OC(C)=O)[C@@H](OC(C)=O)[C@H]1OC(C)=O. The molecule has 0 N–H and O–H groups in total. The lowest BCUT2D eigenvalue weighted by Crippen LogP contribution is -2.62. The molecule has 2 heterocycles. The quantitative estimate of drug-likeness (QED) is 0.259. The number of halogens is 1. The Morgan fingerprint density at radius 1 is 0.810 bits per heavy atom.